The van der Waals surface area contributed by atoms with Crippen molar-refractivity contribution in [2.75, 3.05) is 0 Å². The van der Waals surface area contributed by atoms with Crippen LogP contribution in [0.15, 0.2) is 18.2 Å². The van der Waals surface area contributed by atoms with Gasteiger partial charge in [0.15, 0.2) is 0 Å². The third-order valence-corrected chi connectivity index (χ3v) is 2.26. The molecule has 0 radical (unpaired) electrons. The Bertz CT molecular complexity index is 284. The van der Waals surface area contributed by atoms with E-state index < -0.39 is 12.5 Å². The highest BCUT2D eigenvalue weighted by Crippen LogP contribution is 2.31. The third-order valence-electron chi connectivity index (χ3n) is 1.60. The minimum absolute atomic E-state index is 0.0980. The van der Waals surface area contributed by atoms with Crippen LogP contribution in [0.2, 0.25) is 10.0 Å². The van der Waals surface area contributed by atoms with E-state index >= 15 is 0 Å². The predicted octanol–water partition coefficient (Wildman–Crippen LogP) is 3.26. The maximum atomic E-state index is 12.2. The van der Waals surface area contributed by atoms with E-state index in [1.54, 1.807) is 6.07 Å². The Morgan fingerprint density at radius 1 is 1.15 bits per heavy atom. The summed E-state index contributed by atoms with van der Waals surface area (Å²) in [6, 6.07) is 3.10. The van der Waals surface area contributed by atoms with E-state index in [1.807, 2.05) is 0 Å². The lowest BCUT2D eigenvalue weighted by Crippen LogP contribution is -2.19. The highest BCUT2D eigenvalue weighted by atomic mass is 35.5. The number of nitrogens with two attached hydrogens (primary N) is 1. The maximum Gasteiger partial charge on any atom is 0.257 e. The van der Waals surface area contributed by atoms with Gasteiger partial charge in [0.25, 0.3) is 6.43 Å². The van der Waals surface area contributed by atoms with E-state index in [-0.39, 0.29) is 15.6 Å². The molecule has 0 heterocycles. The van der Waals surface area contributed by atoms with Gasteiger partial charge in [-0.2, -0.15) is 0 Å². The summed E-state index contributed by atoms with van der Waals surface area (Å²) in [5, 5.41) is 0.334. The zero-order valence-corrected chi connectivity index (χ0v) is 7.99. The van der Waals surface area contributed by atoms with Crippen LogP contribution in [0.25, 0.3) is 0 Å². The molecule has 1 aromatic carbocycles. The molecule has 0 saturated carbocycles. The van der Waals surface area contributed by atoms with Crippen LogP contribution in [0.4, 0.5) is 8.78 Å². The monoisotopic (exact) mass is 225 g/mol. The van der Waals surface area contributed by atoms with Gasteiger partial charge < -0.3 is 5.73 Å². The van der Waals surface area contributed by atoms with Crippen molar-refractivity contribution in [3.8, 4) is 0 Å². The smallest absolute Gasteiger partial charge is 0.257 e. The maximum absolute atomic E-state index is 12.2. The number of halogens is 4. The van der Waals surface area contributed by atoms with Crippen molar-refractivity contribution in [1.82, 2.24) is 0 Å². The first-order chi connectivity index (χ1) is 6.04. The summed E-state index contributed by atoms with van der Waals surface area (Å²) >= 11 is 11.3. The molecular formula is C8H7Cl2F2N. The van der Waals surface area contributed by atoms with Gasteiger partial charge in [-0.25, -0.2) is 8.78 Å². The average Bonchev–Trinajstić information content (AvgIpc) is 2.03. The van der Waals surface area contributed by atoms with Crippen LogP contribution in [-0.4, -0.2) is 6.43 Å². The van der Waals surface area contributed by atoms with Crippen LogP contribution in [0.3, 0.4) is 0 Å². The summed E-state index contributed by atoms with van der Waals surface area (Å²) in [6.07, 6.45) is -2.67. The topological polar surface area (TPSA) is 26.0 Å². The molecule has 0 aliphatic carbocycles. The minimum atomic E-state index is -2.67. The second-order valence-electron chi connectivity index (χ2n) is 2.50. The number of alkyl halides is 2. The molecule has 1 nitrogen and oxygen atoms in total. The molecule has 2 N–H and O–H groups in total. The quantitative estimate of drug-likeness (QED) is 0.822. The molecule has 0 aliphatic rings. The number of hydrogen-bond donors (Lipinski definition) is 1. The first kappa shape index (κ1) is 10.7. The Labute approximate surface area is 84.4 Å². The van der Waals surface area contributed by atoms with E-state index in [2.05, 4.69) is 0 Å². The molecule has 0 aliphatic heterocycles. The van der Waals surface area contributed by atoms with Gasteiger partial charge in [0, 0.05) is 15.6 Å². The van der Waals surface area contributed by atoms with Crippen LogP contribution >= 0.6 is 23.2 Å². The predicted molar refractivity (Wildman–Crippen MR) is 49.4 cm³/mol. The summed E-state index contributed by atoms with van der Waals surface area (Å²) in [6.45, 7) is 0. The molecule has 0 amide bonds. The van der Waals surface area contributed by atoms with Gasteiger partial charge in [-0.05, 0) is 12.1 Å². The summed E-state index contributed by atoms with van der Waals surface area (Å²) in [7, 11) is 0. The van der Waals surface area contributed by atoms with E-state index in [0.29, 0.717) is 0 Å². The standard InChI is InChI=1S/C8H7Cl2F2N/c9-4-2-1-3-5(10)6(4)7(13)8(11)12/h1-3,7-8H,13H2/t7-/m1/s1. The van der Waals surface area contributed by atoms with Crippen molar-refractivity contribution < 1.29 is 8.78 Å². The van der Waals surface area contributed by atoms with Crippen LogP contribution in [0.1, 0.15) is 11.6 Å². The molecule has 0 saturated heterocycles. The SMILES string of the molecule is N[C@H](c1c(Cl)cccc1Cl)C(F)F. The Kier molecular flexibility index (Phi) is 3.47. The van der Waals surface area contributed by atoms with Crippen molar-refractivity contribution in [2.45, 2.75) is 12.5 Å². The van der Waals surface area contributed by atoms with Gasteiger partial charge in [-0.1, -0.05) is 29.3 Å². The Hall–Kier alpha value is -0.380. The third kappa shape index (κ3) is 2.30. The van der Waals surface area contributed by atoms with Crippen LogP contribution in [-0.2, 0) is 0 Å². The zero-order chi connectivity index (χ0) is 10.0. The normalized spacial score (nSPS) is 13.4. The van der Waals surface area contributed by atoms with Crippen molar-refractivity contribution >= 4 is 23.2 Å². The molecule has 0 aromatic heterocycles. The van der Waals surface area contributed by atoms with Crippen molar-refractivity contribution in [2.24, 2.45) is 5.73 Å². The highest BCUT2D eigenvalue weighted by Gasteiger charge is 2.22. The molecular weight excluding hydrogens is 219 g/mol. The molecule has 13 heavy (non-hydrogen) atoms. The summed E-state index contributed by atoms with van der Waals surface area (Å²) in [4.78, 5) is 0. The Morgan fingerprint density at radius 3 is 2.00 bits per heavy atom. The van der Waals surface area contributed by atoms with Gasteiger partial charge >= 0.3 is 0 Å². The molecule has 0 spiro atoms. The number of rotatable bonds is 2. The fourth-order valence-electron chi connectivity index (χ4n) is 0.955. The van der Waals surface area contributed by atoms with E-state index in [0.717, 1.165) is 0 Å². The zero-order valence-electron chi connectivity index (χ0n) is 6.48. The van der Waals surface area contributed by atoms with Gasteiger partial charge in [0.05, 0.1) is 6.04 Å². The molecule has 1 aromatic rings. The molecule has 0 bridgehead atoms. The molecule has 72 valence electrons. The highest BCUT2D eigenvalue weighted by molar-refractivity contribution is 6.36. The van der Waals surface area contributed by atoms with Gasteiger partial charge in [-0.3, -0.25) is 0 Å². The van der Waals surface area contributed by atoms with E-state index in [9.17, 15) is 8.78 Å². The fourth-order valence-corrected chi connectivity index (χ4v) is 1.60. The Balaban J connectivity index is 3.12. The summed E-state index contributed by atoms with van der Waals surface area (Å²) in [5.74, 6) is 0. The van der Waals surface area contributed by atoms with Crippen molar-refractivity contribution in [3.05, 3.63) is 33.8 Å². The van der Waals surface area contributed by atoms with Gasteiger partial charge in [0.1, 0.15) is 0 Å². The van der Waals surface area contributed by atoms with Gasteiger partial charge in [0.2, 0.25) is 0 Å². The van der Waals surface area contributed by atoms with Crippen LogP contribution < -0.4 is 5.73 Å². The molecule has 0 fully saturated rings. The summed E-state index contributed by atoms with van der Waals surface area (Å²) in [5.41, 5.74) is 5.32. The lowest BCUT2D eigenvalue weighted by Gasteiger charge is -2.13. The second kappa shape index (κ2) is 4.22. The van der Waals surface area contributed by atoms with Gasteiger partial charge in [-0.15, -0.1) is 0 Å². The average molecular weight is 226 g/mol. The first-order valence-corrected chi connectivity index (χ1v) is 4.27. The molecule has 0 unspecified atom stereocenters. The minimum Gasteiger partial charge on any atom is -0.319 e. The van der Waals surface area contributed by atoms with Crippen molar-refractivity contribution in [3.63, 3.8) is 0 Å². The molecule has 1 atom stereocenters. The fraction of sp³-hybridized carbons (Fsp3) is 0.250. The molecule has 5 heteroatoms. The number of benzene rings is 1. The lowest BCUT2D eigenvalue weighted by atomic mass is 10.1. The number of hydrogen-bond acceptors (Lipinski definition) is 1. The Morgan fingerprint density at radius 2 is 1.62 bits per heavy atom. The van der Waals surface area contributed by atoms with Crippen molar-refractivity contribution in [1.29, 1.82) is 0 Å². The summed E-state index contributed by atoms with van der Waals surface area (Å²) < 4.78 is 24.5. The second-order valence-corrected chi connectivity index (χ2v) is 3.31. The van der Waals surface area contributed by atoms with E-state index in [1.165, 1.54) is 12.1 Å². The van der Waals surface area contributed by atoms with Crippen LogP contribution in [0, 0.1) is 0 Å². The lowest BCUT2D eigenvalue weighted by molar-refractivity contribution is 0.116. The molecule has 1 rings (SSSR count). The van der Waals surface area contributed by atoms with Crippen LogP contribution in [0.5, 0.6) is 0 Å². The largest absolute Gasteiger partial charge is 0.319 e. The van der Waals surface area contributed by atoms with E-state index in [4.69, 9.17) is 28.9 Å². The first-order valence-electron chi connectivity index (χ1n) is 3.51.